The maximum absolute atomic E-state index is 11.6. The van der Waals surface area contributed by atoms with Crippen LogP contribution in [0.15, 0.2) is 18.2 Å². The fraction of sp³-hybridized carbons (Fsp3) is 0.385. The van der Waals surface area contributed by atoms with Gasteiger partial charge < -0.3 is 15.2 Å². The summed E-state index contributed by atoms with van der Waals surface area (Å²) in [5.74, 6) is 0.124. The van der Waals surface area contributed by atoms with Crippen LogP contribution in [-0.4, -0.2) is 31.0 Å². The Labute approximate surface area is 105 Å². The molecule has 0 aliphatic carbocycles. The second kappa shape index (κ2) is 5.18. The minimum Gasteiger partial charge on any atom is -0.478 e. The third-order valence-corrected chi connectivity index (χ3v) is 2.79. The lowest BCUT2D eigenvalue weighted by Gasteiger charge is -2.08. The Bertz CT molecular complexity index is 484. The standard InChI is InChI=1S/C13H15NO4/c1-2-17-13(16)12-6-9-5-8(10(15)7-14)3-4-11(9)18-12/h3-5,12H,2,6-7,14H2,1H3. The van der Waals surface area contributed by atoms with Crippen LogP contribution in [0.3, 0.4) is 0 Å². The average molecular weight is 249 g/mol. The quantitative estimate of drug-likeness (QED) is 0.627. The van der Waals surface area contributed by atoms with Gasteiger partial charge in [-0.3, -0.25) is 4.79 Å². The van der Waals surface area contributed by atoms with Crippen molar-refractivity contribution < 1.29 is 19.1 Å². The van der Waals surface area contributed by atoms with Gasteiger partial charge in [0.05, 0.1) is 13.2 Å². The molecule has 0 spiro atoms. The summed E-state index contributed by atoms with van der Waals surface area (Å²) >= 11 is 0. The van der Waals surface area contributed by atoms with Crippen molar-refractivity contribution in [3.63, 3.8) is 0 Å². The molecule has 0 saturated carbocycles. The van der Waals surface area contributed by atoms with Crippen molar-refractivity contribution in [1.82, 2.24) is 0 Å². The van der Waals surface area contributed by atoms with Gasteiger partial charge in [0.25, 0.3) is 0 Å². The molecule has 0 fully saturated rings. The second-order valence-corrected chi connectivity index (χ2v) is 4.01. The van der Waals surface area contributed by atoms with Gasteiger partial charge in [0.1, 0.15) is 5.75 Å². The molecule has 1 aromatic carbocycles. The molecule has 0 aromatic heterocycles. The van der Waals surface area contributed by atoms with Gasteiger partial charge in [0.2, 0.25) is 0 Å². The first-order valence-electron chi connectivity index (χ1n) is 5.85. The maximum Gasteiger partial charge on any atom is 0.347 e. The number of ketones is 1. The first-order chi connectivity index (χ1) is 8.65. The van der Waals surface area contributed by atoms with Gasteiger partial charge in [-0.1, -0.05) is 0 Å². The van der Waals surface area contributed by atoms with E-state index < -0.39 is 6.10 Å². The number of benzene rings is 1. The van der Waals surface area contributed by atoms with Gasteiger partial charge in [0.15, 0.2) is 11.9 Å². The summed E-state index contributed by atoms with van der Waals surface area (Å²) in [6, 6.07) is 5.07. The zero-order chi connectivity index (χ0) is 13.1. The topological polar surface area (TPSA) is 78.6 Å². The summed E-state index contributed by atoms with van der Waals surface area (Å²) in [5.41, 5.74) is 6.70. The third kappa shape index (κ3) is 2.36. The largest absolute Gasteiger partial charge is 0.478 e. The van der Waals surface area contributed by atoms with E-state index in [0.717, 1.165) is 5.56 Å². The maximum atomic E-state index is 11.6. The van der Waals surface area contributed by atoms with Crippen LogP contribution in [0.5, 0.6) is 5.75 Å². The number of rotatable bonds is 4. The molecular weight excluding hydrogens is 234 g/mol. The summed E-state index contributed by atoms with van der Waals surface area (Å²) in [6.45, 7) is 2.05. The number of esters is 1. The molecule has 0 amide bonds. The summed E-state index contributed by atoms with van der Waals surface area (Å²) in [5, 5.41) is 0. The lowest BCUT2D eigenvalue weighted by atomic mass is 10.0. The van der Waals surface area contributed by atoms with Crippen molar-refractivity contribution in [2.75, 3.05) is 13.2 Å². The van der Waals surface area contributed by atoms with Crippen LogP contribution in [0.1, 0.15) is 22.8 Å². The zero-order valence-electron chi connectivity index (χ0n) is 10.1. The van der Waals surface area contributed by atoms with Crippen molar-refractivity contribution in [2.24, 2.45) is 5.73 Å². The highest BCUT2D eigenvalue weighted by Gasteiger charge is 2.30. The molecule has 0 saturated heterocycles. The molecule has 96 valence electrons. The van der Waals surface area contributed by atoms with E-state index in [4.69, 9.17) is 15.2 Å². The summed E-state index contributed by atoms with van der Waals surface area (Å²) < 4.78 is 10.4. The molecule has 1 heterocycles. The molecule has 1 aliphatic rings. The highest BCUT2D eigenvalue weighted by Crippen LogP contribution is 2.30. The monoisotopic (exact) mass is 249 g/mol. The third-order valence-electron chi connectivity index (χ3n) is 2.79. The van der Waals surface area contributed by atoms with Crippen molar-refractivity contribution >= 4 is 11.8 Å². The van der Waals surface area contributed by atoms with E-state index in [1.54, 1.807) is 25.1 Å². The highest BCUT2D eigenvalue weighted by atomic mass is 16.6. The van der Waals surface area contributed by atoms with Gasteiger partial charge in [-0.15, -0.1) is 0 Å². The average Bonchev–Trinajstić information content (AvgIpc) is 2.80. The van der Waals surface area contributed by atoms with E-state index in [0.29, 0.717) is 24.3 Å². The minimum atomic E-state index is -0.608. The van der Waals surface area contributed by atoms with E-state index >= 15 is 0 Å². The Kier molecular flexibility index (Phi) is 3.62. The molecule has 0 radical (unpaired) electrons. The van der Waals surface area contributed by atoms with Crippen LogP contribution in [0.2, 0.25) is 0 Å². The predicted octanol–water partition coefficient (Wildman–Crippen LogP) is 0.695. The van der Waals surface area contributed by atoms with Gasteiger partial charge in [0, 0.05) is 12.0 Å². The number of nitrogens with two attached hydrogens (primary N) is 1. The number of hydrogen-bond acceptors (Lipinski definition) is 5. The first kappa shape index (κ1) is 12.6. The van der Waals surface area contributed by atoms with Crippen LogP contribution in [0.4, 0.5) is 0 Å². The van der Waals surface area contributed by atoms with Gasteiger partial charge in [-0.05, 0) is 30.7 Å². The minimum absolute atomic E-state index is 0.0268. The van der Waals surface area contributed by atoms with Crippen molar-refractivity contribution in [1.29, 1.82) is 0 Å². The molecule has 1 unspecified atom stereocenters. The Morgan fingerprint density at radius 1 is 1.50 bits per heavy atom. The van der Waals surface area contributed by atoms with E-state index in [1.807, 2.05) is 0 Å². The van der Waals surface area contributed by atoms with Crippen molar-refractivity contribution in [3.8, 4) is 5.75 Å². The second-order valence-electron chi connectivity index (χ2n) is 4.01. The molecule has 1 atom stereocenters. The van der Waals surface area contributed by atoms with Gasteiger partial charge in [-0.2, -0.15) is 0 Å². The fourth-order valence-corrected chi connectivity index (χ4v) is 1.91. The predicted molar refractivity (Wildman–Crippen MR) is 64.6 cm³/mol. The van der Waals surface area contributed by atoms with E-state index in [-0.39, 0.29) is 18.3 Å². The number of hydrogen-bond donors (Lipinski definition) is 1. The zero-order valence-corrected chi connectivity index (χ0v) is 10.1. The van der Waals surface area contributed by atoms with E-state index in [9.17, 15) is 9.59 Å². The molecule has 1 aromatic rings. The Morgan fingerprint density at radius 3 is 2.94 bits per heavy atom. The number of carbonyl (C=O) groups is 2. The van der Waals surface area contributed by atoms with Gasteiger partial charge in [-0.25, -0.2) is 4.79 Å². The van der Waals surface area contributed by atoms with Crippen LogP contribution in [-0.2, 0) is 16.0 Å². The van der Waals surface area contributed by atoms with Crippen LogP contribution >= 0.6 is 0 Å². The fourth-order valence-electron chi connectivity index (χ4n) is 1.91. The number of fused-ring (bicyclic) bond motifs is 1. The molecule has 2 N–H and O–H groups in total. The van der Waals surface area contributed by atoms with Crippen molar-refractivity contribution in [3.05, 3.63) is 29.3 Å². The Balaban J connectivity index is 2.15. The normalized spacial score (nSPS) is 16.9. The lowest BCUT2D eigenvalue weighted by molar-refractivity contribution is -0.150. The molecule has 0 bridgehead atoms. The summed E-state index contributed by atoms with van der Waals surface area (Å²) in [7, 11) is 0. The Morgan fingerprint density at radius 2 is 2.28 bits per heavy atom. The molecule has 18 heavy (non-hydrogen) atoms. The number of carbonyl (C=O) groups excluding carboxylic acids is 2. The molecule has 5 nitrogen and oxygen atoms in total. The van der Waals surface area contributed by atoms with E-state index in [2.05, 4.69) is 0 Å². The Hall–Kier alpha value is -1.88. The van der Waals surface area contributed by atoms with Crippen LogP contribution < -0.4 is 10.5 Å². The molecular formula is C13H15NO4. The molecule has 2 rings (SSSR count). The van der Waals surface area contributed by atoms with Crippen molar-refractivity contribution in [2.45, 2.75) is 19.4 Å². The number of ether oxygens (including phenoxy) is 2. The van der Waals surface area contributed by atoms with Gasteiger partial charge >= 0.3 is 5.97 Å². The molecule has 5 heteroatoms. The van der Waals surface area contributed by atoms with Crippen LogP contribution in [0, 0.1) is 0 Å². The SMILES string of the molecule is CCOC(=O)C1Cc2cc(C(=O)CN)ccc2O1. The van der Waals surface area contributed by atoms with E-state index in [1.165, 1.54) is 0 Å². The number of Topliss-reactive ketones (excluding diaryl/α,β-unsaturated/α-hetero) is 1. The molecule has 1 aliphatic heterocycles. The summed E-state index contributed by atoms with van der Waals surface area (Å²) in [4.78, 5) is 23.0. The lowest BCUT2D eigenvalue weighted by Crippen LogP contribution is -2.27. The highest BCUT2D eigenvalue weighted by molar-refractivity contribution is 5.98. The van der Waals surface area contributed by atoms with Crippen LogP contribution in [0.25, 0.3) is 0 Å². The smallest absolute Gasteiger partial charge is 0.347 e. The summed E-state index contributed by atoms with van der Waals surface area (Å²) in [6.07, 6.45) is -0.178. The first-order valence-corrected chi connectivity index (χ1v) is 5.85.